The van der Waals surface area contributed by atoms with Crippen molar-refractivity contribution < 1.29 is 9.47 Å². The smallest absolute Gasteiger partial charge is 0.266 e. The summed E-state index contributed by atoms with van der Waals surface area (Å²) in [5.41, 5.74) is 2.19. The molecule has 2 heterocycles. The molecule has 0 aliphatic carbocycles. The topological polar surface area (TPSA) is 66.2 Å². The molecule has 6 nitrogen and oxygen atoms in total. The number of rotatable bonds is 6. The van der Waals surface area contributed by atoms with E-state index in [9.17, 15) is 4.79 Å². The third-order valence-electron chi connectivity index (χ3n) is 4.39. The zero-order chi connectivity index (χ0) is 20.4. The molecule has 8 heteroatoms. The second kappa shape index (κ2) is 8.26. The van der Waals surface area contributed by atoms with Gasteiger partial charge in [-0.15, -0.1) is 11.3 Å². The van der Waals surface area contributed by atoms with Crippen LogP contribution in [0.4, 0.5) is 0 Å². The highest BCUT2D eigenvalue weighted by atomic mass is 32.2. The number of hydrogen-bond donors (Lipinski definition) is 0. The first-order chi connectivity index (χ1) is 14.1. The van der Waals surface area contributed by atoms with Crippen molar-refractivity contribution in [2.24, 2.45) is 0 Å². The normalized spacial score (nSPS) is 11.0. The molecule has 148 valence electrons. The molecule has 0 fully saturated rings. The number of fused-ring (bicyclic) bond motifs is 1. The van der Waals surface area contributed by atoms with E-state index in [0.717, 1.165) is 10.7 Å². The third-order valence-corrected chi connectivity index (χ3v) is 6.18. The summed E-state index contributed by atoms with van der Waals surface area (Å²) in [5, 5.41) is 4.22. The van der Waals surface area contributed by atoms with E-state index < -0.39 is 0 Å². The summed E-state index contributed by atoms with van der Waals surface area (Å²) in [6.45, 7) is 1.98. The Labute approximate surface area is 176 Å². The Morgan fingerprint density at radius 3 is 2.59 bits per heavy atom. The Balaban J connectivity index is 1.86. The van der Waals surface area contributed by atoms with Crippen LogP contribution in [0, 0.1) is 6.92 Å². The Kier molecular flexibility index (Phi) is 5.55. The summed E-state index contributed by atoms with van der Waals surface area (Å²) in [6, 6.07) is 12.8. The molecular weight excluding hydrogens is 406 g/mol. The lowest BCUT2D eigenvalue weighted by molar-refractivity contribution is 0.354. The average Bonchev–Trinajstić information content (AvgIpc) is 3.17. The summed E-state index contributed by atoms with van der Waals surface area (Å²) in [7, 11) is 3.15. The van der Waals surface area contributed by atoms with Crippen LogP contribution in [0.2, 0.25) is 0 Å². The van der Waals surface area contributed by atoms with E-state index in [4.69, 9.17) is 14.5 Å². The highest BCUT2D eigenvalue weighted by Crippen LogP contribution is 2.31. The van der Waals surface area contributed by atoms with E-state index in [1.165, 1.54) is 11.8 Å². The minimum Gasteiger partial charge on any atom is -0.493 e. The van der Waals surface area contributed by atoms with E-state index >= 15 is 0 Å². The number of nitrogens with zero attached hydrogens (tertiary/aromatic N) is 3. The molecule has 29 heavy (non-hydrogen) atoms. The molecule has 0 aliphatic rings. The fourth-order valence-corrected chi connectivity index (χ4v) is 4.64. The third kappa shape index (κ3) is 3.86. The lowest BCUT2D eigenvalue weighted by Gasteiger charge is -2.15. The highest BCUT2D eigenvalue weighted by molar-refractivity contribution is 7.98. The number of benzene rings is 2. The average molecular weight is 426 g/mol. The number of hydrogen-bond acceptors (Lipinski definition) is 7. The summed E-state index contributed by atoms with van der Waals surface area (Å²) < 4.78 is 12.4. The molecule has 0 unspecified atom stereocenters. The van der Waals surface area contributed by atoms with Crippen LogP contribution in [0.3, 0.4) is 0 Å². The van der Waals surface area contributed by atoms with Gasteiger partial charge in [-0.1, -0.05) is 23.9 Å². The predicted octanol–water partition coefficient (Wildman–Crippen LogP) is 4.46. The van der Waals surface area contributed by atoms with Crippen molar-refractivity contribution in [2.75, 3.05) is 14.2 Å². The van der Waals surface area contributed by atoms with Crippen molar-refractivity contribution in [2.45, 2.75) is 17.8 Å². The van der Waals surface area contributed by atoms with Crippen LogP contribution < -0.4 is 15.0 Å². The van der Waals surface area contributed by atoms with Gasteiger partial charge in [-0.05, 0) is 31.2 Å². The van der Waals surface area contributed by atoms with Gasteiger partial charge in [0, 0.05) is 17.2 Å². The Morgan fingerprint density at radius 2 is 1.86 bits per heavy atom. The molecule has 0 spiro atoms. The van der Waals surface area contributed by atoms with Gasteiger partial charge in [-0.3, -0.25) is 9.36 Å². The van der Waals surface area contributed by atoms with Crippen molar-refractivity contribution in [1.29, 1.82) is 0 Å². The SMILES string of the molecule is COc1ccc(-n2c(SCc3csc(C)n3)nc3ccccc3c2=O)cc1OC. The molecule has 2 aromatic heterocycles. The first-order valence-electron chi connectivity index (χ1n) is 8.88. The summed E-state index contributed by atoms with van der Waals surface area (Å²) in [6.07, 6.45) is 0. The molecule has 4 rings (SSSR count). The maximum Gasteiger partial charge on any atom is 0.266 e. The second-order valence-electron chi connectivity index (χ2n) is 6.24. The van der Waals surface area contributed by atoms with Crippen LogP contribution in [-0.4, -0.2) is 28.8 Å². The van der Waals surface area contributed by atoms with Gasteiger partial charge >= 0.3 is 0 Å². The number of aryl methyl sites for hydroxylation is 1. The quantitative estimate of drug-likeness (QED) is 0.336. The molecule has 0 aliphatic heterocycles. The van der Waals surface area contributed by atoms with Crippen LogP contribution in [0.5, 0.6) is 11.5 Å². The van der Waals surface area contributed by atoms with Crippen LogP contribution in [-0.2, 0) is 5.75 Å². The summed E-state index contributed by atoms with van der Waals surface area (Å²) in [5.74, 6) is 1.78. The Morgan fingerprint density at radius 1 is 1.07 bits per heavy atom. The molecule has 0 amide bonds. The van der Waals surface area contributed by atoms with Crippen molar-refractivity contribution in [3.63, 3.8) is 0 Å². The highest BCUT2D eigenvalue weighted by Gasteiger charge is 2.16. The minimum absolute atomic E-state index is 0.125. The predicted molar refractivity (Wildman–Crippen MR) is 117 cm³/mol. The van der Waals surface area contributed by atoms with Crippen LogP contribution in [0.15, 0.2) is 57.8 Å². The first-order valence-corrected chi connectivity index (χ1v) is 10.7. The van der Waals surface area contributed by atoms with Gasteiger partial charge < -0.3 is 9.47 Å². The molecule has 0 atom stereocenters. The van der Waals surface area contributed by atoms with E-state index in [1.54, 1.807) is 48.3 Å². The van der Waals surface area contributed by atoms with E-state index in [2.05, 4.69) is 4.98 Å². The zero-order valence-electron chi connectivity index (χ0n) is 16.2. The summed E-state index contributed by atoms with van der Waals surface area (Å²) >= 11 is 3.10. The maximum atomic E-state index is 13.3. The largest absolute Gasteiger partial charge is 0.493 e. The van der Waals surface area contributed by atoms with Gasteiger partial charge in [-0.25, -0.2) is 9.97 Å². The number of para-hydroxylation sites is 1. The second-order valence-corrected chi connectivity index (χ2v) is 8.24. The van der Waals surface area contributed by atoms with Crippen molar-refractivity contribution >= 4 is 34.0 Å². The van der Waals surface area contributed by atoms with Gasteiger partial charge in [0.15, 0.2) is 16.7 Å². The monoisotopic (exact) mass is 425 g/mol. The standard InChI is InChI=1S/C21H19N3O3S2/c1-13-22-14(11-28-13)12-29-21-23-17-7-5-4-6-16(17)20(25)24(21)15-8-9-18(26-2)19(10-15)27-3/h4-11H,12H2,1-3H3. The molecule has 0 N–H and O–H groups in total. The fraction of sp³-hybridized carbons (Fsp3) is 0.190. The van der Waals surface area contributed by atoms with E-state index in [0.29, 0.717) is 39.0 Å². The summed E-state index contributed by atoms with van der Waals surface area (Å²) in [4.78, 5) is 22.6. The lowest BCUT2D eigenvalue weighted by atomic mass is 10.2. The van der Waals surface area contributed by atoms with Gasteiger partial charge in [0.05, 0.1) is 41.5 Å². The molecule has 0 bridgehead atoms. The number of ether oxygens (including phenoxy) is 2. The molecule has 2 aromatic carbocycles. The van der Waals surface area contributed by atoms with Crippen LogP contribution >= 0.6 is 23.1 Å². The number of thioether (sulfide) groups is 1. The molecule has 0 radical (unpaired) electrons. The van der Waals surface area contributed by atoms with Gasteiger partial charge in [0.25, 0.3) is 5.56 Å². The lowest BCUT2D eigenvalue weighted by Crippen LogP contribution is -2.21. The number of aromatic nitrogens is 3. The maximum absolute atomic E-state index is 13.3. The Bertz CT molecular complexity index is 1230. The van der Waals surface area contributed by atoms with Crippen molar-refractivity contribution in [1.82, 2.24) is 14.5 Å². The zero-order valence-corrected chi connectivity index (χ0v) is 17.8. The Hall–Kier alpha value is -2.84. The van der Waals surface area contributed by atoms with E-state index in [1.807, 2.05) is 36.6 Å². The van der Waals surface area contributed by atoms with Crippen LogP contribution in [0.25, 0.3) is 16.6 Å². The van der Waals surface area contributed by atoms with Gasteiger partial charge in [0.1, 0.15) is 0 Å². The number of thiazole rings is 1. The first kappa shape index (κ1) is 19.5. The molecule has 4 aromatic rings. The molecule has 0 saturated heterocycles. The molecule has 0 saturated carbocycles. The van der Waals surface area contributed by atoms with Crippen molar-refractivity contribution in [3.8, 4) is 17.2 Å². The van der Waals surface area contributed by atoms with Gasteiger partial charge in [0.2, 0.25) is 0 Å². The van der Waals surface area contributed by atoms with Gasteiger partial charge in [-0.2, -0.15) is 0 Å². The van der Waals surface area contributed by atoms with Crippen LogP contribution in [0.1, 0.15) is 10.7 Å². The van der Waals surface area contributed by atoms with Crippen molar-refractivity contribution in [3.05, 3.63) is 68.9 Å². The van der Waals surface area contributed by atoms with E-state index in [-0.39, 0.29) is 5.56 Å². The fourth-order valence-electron chi connectivity index (χ4n) is 3.01. The molecular formula is C21H19N3O3S2. The minimum atomic E-state index is -0.125. The number of methoxy groups -OCH3 is 2.